The van der Waals surface area contributed by atoms with E-state index in [2.05, 4.69) is 14.3 Å². The Balaban J connectivity index is 2.77. The zero-order valence-corrected chi connectivity index (χ0v) is 11.9. The number of nitrogens with zero attached hydrogens (tertiary/aromatic N) is 1. The molecule has 0 fully saturated rings. The first-order valence-corrected chi connectivity index (χ1v) is 6.46. The predicted octanol–water partition coefficient (Wildman–Crippen LogP) is 2.30. The summed E-state index contributed by atoms with van der Waals surface area (Å²) in [7, 11) is 0. The van der Waals surface area contributed by atoms with Gasteiger partial charge >= 0.3 is 12.2 Å². The molecule has 0 saturated heterocycles. The molecule has 0 aliphatic rings. The van der Waals surface area contributed by atoms with E-state index in [0.717, 1.165) is 0 Å². The molecule has 7 heteroatoms. The highest BCUT2D eigenvalue weighted by atomic mass is 16.8. The number of hydrogen-bond donors (Lipinski definition) is 0. The molecule has 1 aromatic rings. The minimum absolute atomic E-state index is 0.0418. The first kappa shape index (κ1) is 16.5. The van der Waals surface area contributed by atoms with Gasteiger partial charge in [0.05, 0.1) is 19.6 Å². The number of carbonyl (C=O) groups is 3. The monoisotopic (exact) mass is 295 g/mol. The summed E-state index contributed by atoms with van der Waals surface area (Å²) < 4.78 is 9.21. The average Bonchev–Trinajstić information content (AvgIpc) is 2.46. The van der Waals surface area contributed by atoms with Crippen molar-refractivity contribution >= 4 is 18.2 Å². The van der Waals surface area contributed by atoms with Gasteiger partial charge in [-0.25, -0.2) is 9.59 Å². The lowest BCUT2D eigenvalue weighted by Gasteiger charge is -2.17. The van der Waals surface area contributed by atoms with Crippen LogP contribution in [0.1, 0.15) is 19.4 Å². The molecule has 7 nitrogen and oxygen atoms in total. The Kier molecular flexibility index (Phi) is 6.73. The first-order valence-electron chi connectivity index (χ1n) is 6.46. The fourth-order valence-electron chi connectivity index (χ4n) is 1.43. The Hall–Kier alpha value is -2.57. The molecule has 1 aromatic carbocycles. The highest BCUT2D eigenvalue weighted by molar-refractivity contribution is 5.92. The summed E-state index contributed by atoms with van der Waals surface area (Å²) in [5.41, 5.74) is 0.671. The third-order valence-corrected chi connectivity index (χ3v) is 2.29. The Morgan fingerprint density at radius 1 is 1.00 bits per heavy atom. The number of ether oxygens (including phenoxy) is 2. The second-order valence-electron chi connectivity index (χ2n) is 3.82. The van der Waals surface area contributed by atoms with Crippen LogP contribution in [0.3, 0.4) is 0 Å². The highest BCUT2D eigenvalue weighted by Crippen LogP contribution is 2.06. The van der Waals surface area contributed by atoms with Gasteiger partial charge in [-0.3, -0.25) is 9.63 Å². The lowest BCUT2D eigenvalue weighted by molar-refractivity contribution is -0.163. The van der Waals surface area contributed by atoms with E-state index >= 15 is 0 Å². The summed E-state index contributed by atoms with van der Waals surface area (Å²) in [6, 6.07) is 8.73. The fourth-order valence-corrected chi connectivity index (χ4v) is 1.43. The summed E-state index contributed by atoms with van der Waals surface area (Å²) >= 11 is 0. The minimum Gasteiger partial charge on any atom is -0.447 e. The standard InChI is InChI=1S/C14H17NO6/c1-3-19-13(17)15(21-14(18)20-4-2)12(16)10-11-8-6-5-7-9-11/h5-9H,3-4,10H2,1-2H3. The van der Waals surface area contributed by atoms with Crippen LogP contribution in [0.25, 0.3) is 0 Å². The van der Waals surface area contributed by atoms with E-state index < -0.39 is 18.2 Å². The number of benzene rings is 1. The van der Waals surface area contributed by atoms with Crippen LogP contribution in [0.4, 0.5) is 9.59 Å². The topological polar surface area (TPSA) is 82.1 Å². The number of rotatable bonds is 4. The maximum atomic E-state index is 12.1. The van der Waals surface area contributed by atoms with E-state index in [4.69, 9.17) is 0 Å². The largest absolute Gasteiger partial charge is 0.534 e. The summed E-state index contributed by atoms with van der Waals surface area (Å²) in [6.45, 7) is 3.24. The van der Waals surface area contributed by atoms with Gasteiger partial charge in [0.1, 0.15) is 0 Å². The molecule has 0 saturated carbocycles. The summed E-state index contributed by atoms with van der Waals surface area (Å²) in [6.07, 6.45) is -2.32. The SMILES string of the molecule is CCOC(=O)ON(C(=O)Cc1ccccc1)C(=O)OCC. The Morgan fingerprint density at radius 3 is 2.19 bits per heavy atom. The number of carbonyl (C=O) groups excluding carboxylic acids is 3. The smallest absolute Gasteiger partial charge is 0.447 e. The molecule has 0 spiro atoms. The van der Waals surface area contributed by atoms with Crippen molar-refractivity contribution < 1.29 is 28.7 Å². The maximum absolute atomic E-state index is 12.1. The highest BCUT2D eigenvalue weighted by Gasteiger charge is 2.28. The number of hydrogen-bond acceptors (Lipinski definition) is 6. The molecule has 0 N–H and O–H groups in total. The maximum Gasteiger partial charge on any atom is 0.534 e. The van der Waals surface area contributed by atoms with Crippen LogP contribution >= 0.6 is 0 Å². The summed E-state index contributed by atoms with van der Waals surface area (Å²) in [5, 5.41) is 0.272. The van der Waals surface area contributed by atoms with E-state index in [1.165, 1.54) is 0 Å². The van der Waals surface area contributed by atoms with Crippen LogP contribution in [0, 0.1) is 0 Å². The zero-order chi connectivity index (χ0) is 15.7. The van der Waals surface area contributed by atoms with Crippen LogP contribution in [-0.2, 0) is 25.5 Å². The van der Waals surface area contributed by atoms with Gasteiger partial charge < -0.3 is 9.47 Å². The van der Waals surface area contributed by atoms with E-state index in [1.807, 2.05) is 0 Å². The molecule has 2 amide bonds. The molecule has 0 heterocycles. The van der Waals surface area contributed by atoms with Crippen molar-refractivity contribution in [2.24, 2.45) is 0 Å². The number of amides is 2. The molecule has 0 unspecified atom stereocenters. The van der Waals surface area contributed by atoms with Crippen LogP contribution in [0.2, 0.25) is 0 Å². The Labute approximate surface area is 122 Å². The molecule has 0 radical (unpaired) electrons. The molecule has 0 aliphatic heterocycles. The van der Waals surface area contributed by atoms with Crippen molar-refractivity contribution in [1.29, 1.82) is 0 Å². The van der Waals surface area contributed by atoms with Gasteiger partial charge in [0.2, 0.25) is 0 Å². The first-order chi connectivity index (χ1) is 10.1. The lowest BCUT2D eigenvalue weighted by Crippen LogP contribution is -2.40. The van der Waals surface area contributed by atoms with E-state index in [1.54, 1.807) is 44.2 Å². The van der Waals surface area contributed by atoms with Crippen molar-refractivity contribution in [3.8, 4) is 0 Å². The van der Waals surface area contributed by atoms with Crippen molar-refractivity contribution in [3.05, 3.63) is 35.9 Å². The van der Waals surface area contributed by atoms with Gasteiger partial charge in [-0.15, -0.1) is 0 Å². The van der Waals surface area contributed by atoms with Crippen LogP contribution < -0.4 is 0 Å². The Bertz CT molecular complexity index is 487. The Morgan fingerprint density at radius 2 is 1.62 bits per heavy atom. The third-order valence-electron chi connectivity index (χ3n) is 2.29. The average molecular weight is 295 g/mol. The fraction of sp³-hybridized carbons (Fsp3) is 0.357. The molecule has 0 bridgehead atoms. The zero-order valence-electron chi connectivity index (χ0n) is 11.9. The summed E-state index contributed by atoms with van der Waals surface area (Å²) in [5.74, 6) is -0.729. The number of hydroxylamine groups is 2. The van der Waals surface area contributed by atoms with Gasteiger partial charge in [0.15, 0.2) is 0 Å². The van der Waals surface area contributed by atoms with Crippen molar-refractivity contribution in [2.75, 3.05) is 13.2 Å². The molecular formula is C14H17NO6. The van der Waals surface area contributed by atoms with Gasteiger partial charge in [-0.05, 0) is 19.4 Å². The van der Waals surface area contributed by atoms with Crippen LogP contribution in [0.5, 0.6) is 0 Å². The van der Waals surface area contributed by atoms with Crippen molar-refractivity contribution in [3.63, 3.8) is 0 Å². The van der Waals surface area contributed by atoms with E-state index in [-0.39, 0.29) is 24.7 Å². The van der Waals surface area contributed by atoms with Crippen LogP contribution in [0.15, 0.2) is 30.3 Å². The molecule has 0 aliphatic carbocycles. The minimum atomic E-state index is -1.15. The van der Waals surface area contributed by atoms with Gasteiger partial charge in [-0.1, -0.05) is 35.4 Å². The molecular weight excluding hydrogens is 278 g/mol. The van der Waals surface area contributed by atoms with Gasteiger partial charge in [-0.2, -0.15) is 0 Å². The van der Waals surface area contributed by atoms with Gasteiger partial charge in [0.25, 0.3) is 5.91 Å². The van der Waals surface area contributed by atoms with Gasteiger partial charge in [0, 0.05) is 0 Å². The quantitative estimate of drug-likeness (QED) is 0.626. The third kappa shape index (κ3) is 5.52. The molecule has 21 heavy (non-hydrogen) atoms. The second-order valence-corrected chi connectivity index (χ2v) is 3.82. The normalized spacial score (nSPS) is 9.62. The number of imide groups is 1. The second kappa shape index (κ2) is 8.57. The molecule has 0 atom stereocenters. The molecule has 114 valence electrons. The molecule has 1 rings (SSSR count). The van der Waals surface area contributed by atoms with E-state index in [9.17, 15) is 14.4 Å². The summed E-state index contributed by atoms with van der Waals surface area (Å²) in [4.78, 5) is 39.6. The lowest BCUT2D eigenvalue weighted by atomic mass is 10.1. The van der Waals surface area contributed by atoms with E-state index in [0.29, 0.717) is 5.56 Å². The van der Waals surface area contributed by atoms with Crippen molar-refractivity contribution in [1.82, 2.24) is 5.06 Å². The predicted molar refractivity (Wildman–Crippen MR) is 72.1 cm³/mol. The molecule has 0 aromatic heterocycles. The van der Waals surface area contributed by atoms with Crippen LogP contribution in [-0.4, -0.2) is 36.4 Å². The van der Waals surface area contributed by atoms with Crippen molar-refractivity contribution in [2.45, 2.75) is 20.3 Å².